The van der Waals surface area contributed by atoms with Crippen LogP contribution in [0, 0.1) is 5.82 Å². The quantitative estimate of drug-likeness (QED) is 0.342. The lowest BCUT2D eigenvalue weighted by atomic mass is 9.97. The summed E-state index contributed by atoms with van der Waals surface area (Å²) in [5.74, 6) is -2.09. The number of ketones is 1. The summed E-state index contributed by atoms with van der Waals surface area (Å²) in [5.41, 5.74) is 1.56. The number of Topliss-reactive ketones (excluding diaryl/α,β-unsaturated/α-hetero) is 1. The highest BCUT2D eigenvalue weighted by Crippen LogP contribution is 2.43. The molecule has 1 fully saturated rings. The fourth-order valence-corrected chi connectivity index (χ4v) is 4.38. The SMILES string of the molecule is CN1CCOc2ccc(/C(O)=C3/C(=O)C(=O)N(c4ccc(F)c(Cl)c4)C3c3ccccn3)cc21. The largest absolute Gasteiger partial charge is 0.507 e. The Bertz CT molecular complexity index is 1350. The van der Waals surface area contributed by atoms with Crippen LogP contribution in [-0.2, 0) is 9.59 Å². The van der Waals surface area contributed by atoms with Crippen LogP contribution >= 0.6 is 11.6 Å². The normalized spacial score (nSPS) is 19.2. The maximum absolute atomic E-state index is 13.8. The number of ether oxygens (including phenoxy) is 1. The zero-order valence-electron chi connectivity index (χ0n) is 18.0. The third-order valence-electron chi connectivity index (χ3n) is 5.92. The van der Waals surface area contributed by atoms with E-state index in [2.05, 4.69) is 4.98 Å². The molecule has 0 radical (unpaired) electrons. The van der Waals surface area contributed by atoms with Crippen LogP contribution < -0.4 is 14.5 Å². The molecule has 0 spiro atoms. The van der Waals surface area contributed by atoms with Crippen molar-refractivity contribution in [2.24, 2.45) is 0 Å². The van der Waals surface area contributed by atoms with E-state index >= 15 is 0 Å². The summed E-state index contributed by atoms with van der Waals surface area (Å²) < 4.78 is 19.5. The van der Waals surface area contributed by atoms with Gasteiger partial charge in [0.2, 0.25) is 0 Å². The molecule has 0 saturated carbocycles. The van der Waals surface area contributed by atoms with Crippen molar-refractivity contribution in [1.29, 1.82) is 0 Å². The number of hydrogen-bond donors (Lipinski definition) is 1. The van der Waals surface area contributed by atoms with Crippen LogP contribution in [0.3, 0.4) is 0 Å². The Balaban J connectivity index is 1.69. The van der Waals surface area contributed by atoms with Gasteiger partial charge in [-0.25, -0.2) is 4.39 Å². The first-order valence-electron chi connectivity index (χ1n) is 10.5. The summed E-state index contributed by atoms with van der Waals surface area (Å²) in [6.45, 7) is 1.21. The lowest BCUT2D eigenvalue weighted by Crippen LogP contribution is -2.29. The standard InChI is InChI=1S/C25H19ClFN3O4/c1-29-10-11-34-20-8-5-14(12-19(20)29)23(31)21-22(18-4-2-3-9-28-18)30(25(33)24(21)32)15-6-7-17(27)16(26)13-15/h2-9,12-13,22,31H,10-11H2,1H3/b23-21-. The van der Waals surface area contributed by atoms with Crippen molar-refractivity contribution >= 4 is 40.4 Å². The van der Waals surface area contributed by atoms with Crippen molar-refractivity contribution in [1.82, 2.24) is 4.98 Å². The number of carbonyl (C=O) groups is 2. The van der Waals surface area contributed by atoms with Gasteiger partial charge in [0.05, 0.1) is 28.5 Å². The van der Waals surface area contributed by atoms with Crippen LogP contribution in [0.2, 0.25) is 5.02 Å². The third-order valence-corrected chi connectivity index (χ3v) is 6.21. The summed E-state index contributed by atoms with van der Waals surface area (Å²) in [4.78, 5) is 33.8. The number of hydrogen-bond acceptors (Lipinski definition) is 6. The number of halogens is 2. The zero-order chi connectivity index (χ0) is 24.0. The molecule has 3 aromatic rings. The Morgan fingerprint density at radius 1 is 1.18 bits per heavy atom. The van der Waals surface area contributed by atoms with E-state index in [1.807, 2.05) is 11.9 Å². The molecule has 9 heteroatoms. The van der Waals surface area contributed by atoms with E-state index < -0.39 is 23.5 Å². The van der Waals surface area contributed by atoms with E-state index in [4.69, 9.17) is 16.3 Å². The fraction of sp³-hybridized carbons (Fsp3) is 0.160. The number of amides is 1. The highest BCUT2D eigenvalue weighted by atomic mass is 35.5. The number of pyridine rings is 1. The van der Waals surface area contributed by atoms with Crippen LogP contribution in [0.15, 0.2) is 66.4 Å². The van der Waals surface area contributed by atoms with Crippen LogP contribution in [0.25, 0.3) is 5.76 Å². The Labute approximate surface area is 199 Å². The van der Waals surface area contributed by atoms with E-state index in [-0.39, 0.29) is 22.0 Å². The number of fused-ring (bicyclic) bond motifs is 1. The molecular weight excluding hydrogens is 461 g/mol. The molecule has 1 amide bonds. The molecule has 0 aliphatic carbocycles. The number of anilines is 2. The summed E-state index contributed by atoms with van der Waals surface area (Å²) in [6.07, 6.45) is 1.53. The van der Waals surface area contributed by atoms with Gasteiger partial charge < -0.3 is 14.7 Å². The van der Waals surface area contributed by atoms with Crippen LogP contribution in [0.1, 0.15) is 17.3 Å². The molecule has 34 heavy (non-hydrogen) atoms. The Hall–Kier alpha value is -3.91. The molecule has 2 aliphatic rings. The highest BCUT2D eigenvalue weighted by molar-refractivity contribution is 6.51. The number of benzene rings is 2. The molecule has 172 valence electrons. The van der Waals surface area contributed by atoms with Gasteiger partial charge in [-0.2, -0.15) is 0 Å². The van der Waals surface area contributed by atoms with Crippen molar-refractivity contribution < 1.29 is 23.8 Å². The monoisotopic (exact) mass is 479 g/mol. The third kappa shape index (κ3) is 3.56. The smallest absolute Gasteiger partial charge is 0.300 e. The molecule has 1 unspecified atom stereocenters. The minimum atomic E-state index is -1.03. The second kappa shape index (κ2) is 8.46. The fourth-order valence-electron chi connectivity index (χ4n) is 4.20. The van der Waals surface area contributed by atoms with Crippen molar-refractivity contribution in [3.63, 3.8) is 0 Å². The van der Waals surface area contributed by atoms with Crippen molar-refractivity contribution in [2.75, 3.05) is 30.0 Å². The van der Waals surface area contributed by atoms with Crippen LogP contribution in [0.4, 0.5) is 15.8 Å². The topological polar surface area (TPSA) is 83.0 Å². The average molecular weight is 480 g/mol. The molecule has 2 aliphatic heterocycles. The first-order valence-corrected chi connectivity index (χ1v) is 10.9. The maximum Gasteiger partial charge on any atom is 0.300 e. The molecule has 3 heterocycles. The predicted octanol–water partition coefficient (Wildman–Crippen LogP) is 4.33. The molecule has 1 atom stereocenters. The summed E-state index contributed by atoms with van der Waals surface area (Å²) in [6, 6.07) is 12.8. The van der Waals surface area contributed by atoms with E-state index in [0.717, 1.165) is 11.8 Å². The first-order chi connectivity index (χ1) is 16.4. The van der Waals surface area contributed by atoms with Crippen LogP contribution in [0.5, 0.6) is 5.75 Å². The number of carbonyl (C=O) groups excluding carboxylic acids is 2. The van der Waals surface area contributed by atoms with Crippen LogP contribution in [-0.4, -0.2) is 42.0 Å². The molecule has 5 rings (SSSR count). The zero-order valence-corrected chi connectivity index (χ0v) is 18.8. The number of aliphatic hydroxyl groups is 1. The summed E-state index contributed by atoms with van der Waals surface area (Å²) >= 11 is 5.95. The summed E-state index contributed by atoms with van der Waals surface area (Å²) in [5, 5.41) is 11.1. The van der Waals surface area contributed by atoms with Gasteiger partial charge in [0.25, 0.3) is 11.7 Å². The second-order valence-electron chi connectivity index (χ2n) is 7.97. The number of likely N-dealkylation sites (N-methyl/N-ethyl adjacent to an activating group) is 1. The highest BCUT2D eigenvalue weighted by Gasteiger charge is 2.47. The lowest BCUT2D eigenvalue weighted by molar-refractivity contribution is -0.132. The molecule has 1 N–H and O–H groups in total. The number of aliphatic hydroxyl groups excluding tert-OH is 1. The van der Waals surface area contributed by atoms with Gasteiger partial charge in [0, 0.05) is 24.5 Å². The van der Waals surface area contributed by atoms with Crippen molar-refractivity contribution in [3.8, 4) is 5.75 Å². The Morgan fingerprint density at radius 2 is 2.00 bits per heavy atom. The van der Waals surface area contributed by atoms with E-state index in [1.54, 1.807) is 36.4 Å². The minimum absolute atomic E-state index is 0.122. The molecule has 0 bridgehead atoms. The maximum atomic E-state index is 13.8. The molecule has 1 saturated heterocycles. The summed E-state index contributed by atoms with van der Waals surface area (Å²) in [7, 11) is 1.90. The van der Waals surface area contributed by atoms with E-state index in [1.165, 1.54) is 23.2 Å². The predicted molar refractivity (Wildman–Crippen MR) is 126 cm³/mol. The van der Waals surface area contributed by atoms with Gasteiger partial charge in [0.1, 0.15) is 30.0 Å². The van der Waals surface area contributed by atoms with Gasteiger partial charge >= 0.3 is 0 Å². The molecule has 2 aromatic carbocycles. The number of nitrogens with zero attached hydrogens (tertiary/aromatic N) is 3. The van der Waals surface area contributed by atoms with Crippen molar-refractivity contribution in [2.45, 2.75) is 6.04 Å². The second-order valence-corrected chi connectivity index (χ2v) is 8.38. The van der Waals surface area contributed by atoms with E-state index in [0.29, 0.717) is 30.2 Å². The number of aromatic nitrogens is 1. The minimum Gasteiger partial charge on any atom is -0.507 e. The van der Waals surface area contributed by atoms with Gasteiger partial charge in [-0.15, -0.1) is 0 Å². The van der Waals surface area contributed by atoms with Gasteiger partial charge in [0.15, 0.2) is 0 Å². The molecular formula is C25H19ClFN3O4. The van der Waals surface area contributed by atoms with Gasteiger partial charge in [-0.3, -0.25) is 19.5 Å². The van der Waals surface area contributed by atoms with Gasteiger partial charge in [-0.1, -0.05) is 17.7 Å². The first kappa shape index (κ1) is 21.9. The van der Waals surface area contributed by atoms with Crippen molar-refractivity contribution in [3.05, 3.63) is 88.5 Å². The lowest BCUT2D eigenvalue weighted by Gasteiger charge is -2.28. The Morgan fingerprint density at radius 3 is 2.74 bits per heavy atom. The molecule has 1 aromatic heterocycles. The Kier molecular flexibility index (Phi) is 5.45. The van der Waals surface area contributed by atoms with E-state index in [9.17, 15) is 19.1 Å². The number of rotatable bonds is 3. The molecule has 7 nitrogen and oxygen atoms in total. The average Bonchev–Trinajstić information content (AvgIpc) is 3.11. The van der Waals surface area contributed by atoms with Gasteiger partial charge in [-0.05, 0) is 48.5 Å².